The molecule has 1 aliphatic carbocycles. The minimum absolute atomic E-state index is 0.110. The van der Waals surface area contributed by atoms with Crippen LogP contribution >= 0.6 is 11.3 Å². The van der Waals surface area contributed by atoms with E-state index in [1.165, 1.54) is 36.1 Å². The Morgan fingerprint density at radius 2 is 2.10 bits per heavy atom. The van der Waals surface area contributed by atoms with Crippen molar-refractivity contribution >= 4 is 23.2 Å². The molecule has 0 unspecified atom stereocenters. The lowest BCUT2D eigenvalue weighted by Gasteiger charge is -2.07. The minimum Gasteiger partial charge on any atom is -0.288 e. The zero-order valence-electron chi connectivity index (χ0n) is 11.5. The molecule has 2 heterocycles. The maximum atomic E-state index is 12.2. The summed E-state index contributed by atoms with van der Waals surface area (Å²) < 4.78 is 0. The second-order valence-electron chi connectivity index (χ2n) is 5.17. The number of H-pyrrole nitrogens is 1. The number of carbonyl (C=O) groups excluding carboxylic acids is 1. The number of amides is 1. The molecule has 2 aromatic heterocycles. The highest BCUT2D eigenvalue weighted by Gasteiger charge is 2.16. The third-order valence-electron chi connectivity index (χ3n) is 3.54. The first-order valence-electron chi connectivity index (χ1n) is 7.04. The van der Waals surface area contributed by atoms with Gasteiger partial charge in [-0.3, -0.25) is 15.2 Å². The van der Waals surface area contributed by atoms with Crippen molar-refractivity contribution in [2.75, 3.05) is 5.32 Å². The molecule has 0 bridgehead atoms. The van der Waals surface area contributed by atoms with Crippen LogP contribution in [0.25, 0.3) is 0 Å². The zero-order chi connectivity index (χ0) is 13.9. The molecule has 0 saturated heterocycles. The molecule has 5 nitrogen and oxygen atoms in total. The third-order valence-corrected chi connectivity index (χ3v) is 4.78. The van der Waals surface area contributed by atoms with Crippen molar-refractivity contribution < 1.29 is 4.79 Å². The number of carbonyl (C=O) groups is 1. The fourth-order valence-electron chi connectivity index (χ4n) is 2.52. The summed E-state index contributed by atoms with van der Waals surface area (Å²) in [5, 5.41) is 9.39. The number of anilines is 1. The van der Waals surface area contributed by atoms with Crippen molar-refractivity contribution in [3.63, 3.8) is 0 Å². The highest BCUT2D eigenvalue weighted by Crippen LogP contribution is 2.28. The van der Waals surface area contributed by atoms with Crippen molar-refractivity contribution in [2.45, 2.75) is 45.4 Å². The van der Waals surface area contributed by atoms with Crippen LogP contribution in [0.3, 0.4) is 0 Å². The fraction of sp³-hybridized carbons (Fsp3) is 0.500. The molecule has 6 heteroatoms. The van der Waals surface area contributed by atoms with Crippen LogP contribution in [0.5, 0.6) is 0 Å². The Kier molecular flexibility index (Phi) is 3.82. The second kappa shape index (κ2) is 5.75. The van der Waals surface area contributed by atoms with Gasteiger partial charge in [0.25, 0.3) is 5.91 Å². The summed E-state index contributed by atoms with van der Waals surface area (Å²) >= 11 is 1.61. The van der Waals surface area contributed by atoms with Crippen molar-refractivity contribution in [1.29, 1.82) is 0 Å². The van der Waals surface area contributed by atoms with Crippen LogP contribution in [-0.4, -0.2) is 21.1 Å². The Hall–Kier alpha value is -1.69. The molecule has 0 spiro atoms. The van der Waals surface area contributed by atoms with Gasteiger partial charge in [0, 0.05) is 4.88 Å². The SMILES string of the molecule is Cc1nc(NC(=O)c2cc3c(s2)CCCCCC3)n[nH]1. The smallest absolute Gasteiger partial charge is 0.268 e. The number of aromatic nitrogens is 3. The van der Waals surface area contributed by atoms with Crippen molar-refractivity contribution in [3.8, 4) is 0 Å². The molecule has 1 aliphatic rings. The van der Waals surface area contributed by atoms with E-state index < -0.39 is 0 Å². The van der Waals surface area contributed by atoms with Crippen molar-refractivity contribution in [2.24, 2.45) is 0 Å². The molecule has 3 rings (SSSR count). The van der Waals surface area contributed by atoms with Gasteiger partial charge in [0.05, 0.1) is 4.88 Å². The van der Waals surface area contributed by atoms with E-state index in [1.54, 1.807) is 18.3 Å². The highest BCUT2D eigenvalue weighted by molar-refractivity contribution is 7.14. The molecule has 1 amide bonds. The Bertz CT molecular complexity index is 591. The van der Waals surface area contributed by atoms with Gasteiger partial charge in [0.1, 0.15) is 5.82 Å². The van der Waals surface area contributed by atoms with Crippen LogP contribution in [0.1, 0.15) is 51.6 Å². The molecule has 0 radical (unpaired) electrons. The molecule has 2 N–H and O–H groups in total. The van der Waals surface area contributed by atoms with Crippen LogP contribution in [0.2, 0.25) is 0 Å². The standard InChI is InChI=1S/C14H18N4OS/c1-9-15-14(18-17-9)16-13(19)12-8-10-6-4-2-3-5-7-11(10)20-12/h8H,2-7H2,1H3,(H2,15,16,17,18,19). The molecule has 0 aromatic carbocycles. The van der Waals surface area contributed by atoms with Crippen LogP contribution in [0, 0.1) is 6.92 Å². The zero-order valence-corrected chi connectivity index (χ0v) is 12.3. The molecule has 0 atom stereocenters. The van der Waals surface area contributed by atoms with Gasteiger partial charge in [-0.05, 0) is 44.2 Å². The molecule has 106 valence electrons. The minimum atomic E-state index is -0.110. The van der Waals surface area contributed by atoms with E-state index in [-0.39, 0.29) is 5.91 Å². The van der Waals surface area contributed by atoms with Gasteiger partial charge in [-0.1, -0.05) is 12.8 Å². The summed E-state index contributed by atoms with van der Waals surface area (Å²) in [6, 6.07) is 2.04. The van der Waals surface area contributed by atoms with E-state index in [0.717, 1.165) is 17.7 Å². The summed E-state index contributed by atoms with van der Waals surface area (Å²) in [5.74, 6) is 0.924. The number of thiophene rings is 1. The number of rotatable bonds is 2. The van der Waals surface area contributed by atoms with Crippen LogP contribution in [0.4, 0.5) is 5.95 Å². The van der Waals surface area contributed by atoms with Gasteiger partial charge in [-0.25, -0.2) is 0 Å². The number of nitrogens with one attached hydrogen (secondary N) is 2. The predicted octanol–water partition coefficient (Wildman–Crippen LogP) is 3.09. The Labute approximate surface area is 121 Å². The summed E-state index contributed by atoms with van der Waals surface area (Å²) in [6.45, 7) is 1.81. The van der Waals surface area contributed by atoms with E-state index in [2.05, 4.69) is 20.5 Å². The van der Waals surface area contributed by atoms with Crippen LogP contribution < -0.4 is 5.32 Å². The van der Waals surface area contributed by atoms with E-state index in [1.807, 2.05) is 6.07 Å². The Balaban J connectivity index is 1.76. The quantitative estimate of drug-likeness (QED) is 0.893. The predicted molar refractivity (Wildman–Crippen MR) is 79.3 cm³/mol. The maximum absolute atomic E-state index is 12.2. The lowest BCUT2D eigenvalue weighted by Crippen LogP contribution is -2.11. The molecule has 20 heavy (non-hydrogen) atoms. The normalized spacial score (nSPS) is 15.2. The summed E-state index contributed by atoms with van der Waals surface area (Å²) in [4.78, 5) is 18.5. The van der Waals surface area contributed by atoms with Gasteiger partial charge in [-0.15, -0.1) is 16.4 Å². The topological polar surface area (TPSA) is 70.7 Å². The van der Waals surface area contributed by atoms with Crippen LogP contribution in [0.15, 0.2) is 6.07 Å². The fourth-order valence-corrected chi connectivity index (χ4v) is 3.67. The number of fused-ring (bicyclic) bond motifs is 1. The third kappa shape index (κ3) is 2.90. The second-order valence-corrected chi connectivity index (χ2v) is 6.31. The maximum Gasteiger partial charge on any atom is 0.268 e. The van der Waals surface area contributed by atoms with E-state index in [9.17, 15) is 4.79 Å². The first kappa shape index (κ1) is 13.3. The number of hydrogen-bond acceptors (Lipinski definition) is 4. The van der Waals surface area contributed by atoms with E-state index >= 15 is 0 Å². The highest BCUT2D eigenvalue weighted by atomic mass is 32.1. The number of aryl methyl sites for hydroxylation is 3. The van der Waals surface area contributed by atoms with Crippen molar-refractivity contribution in [3.05, 3.63) is 27.2 Å². The lowest BCUT2D eigenvalue weighted by atomic mass is 10.00. The average Bonchev–Trinajstić information content (AvgIpc) is 2.96. The van der Waals surface area contributed by atoms with Crippen LogP contribution in [-0.2, 0) is 12.8 Å². The summed E-state index contributed by atoms with van der Waals surface area (Å²) in [6.07, 6.45) is 7.26. The molecule has 2 aromatic rings. The largest absolute Gasteiger partial charge is 0.288 e. The lowest BCUT2D eigenvalue weighted by molar-refractivity contribution is 0.102. The van der Waals surface area contributed by atoms with E-state index in [4.69, 9.17) is 0 Å². The molecule has 0 aliphatic heterocycles. The van der Waals surface area contributed by atoms with Gasteiger partial charge in [0.15, 0.2) is 0 Å². The van der Waals surface area contributed by atoms with Gasteiger partial charge < -0.3 is 0 Å². The van der Waals surface area contributed by atoms with Crippen molar-refractivity contribution in [1.82, 2.24) is 15.2 Å². The molecule has 0 fully saturated rings. The first-order valence-corrected chi connectivity index (χ1v) is 7.86. The molecular formula is C14H18N4OS. The molecule has 0 saturated carbocycles. The summed E-state index contributed by atoms with van der Waals surface area (Å²) in [5.41, 5.74) is 1.35. The number of hydrogen-bond donors (Lipinski definition) is 2. The van der Waals surface area contributed by atoms with Gasteiger partial charge >= 0.3 is 0 Å². The first-order chi connectivity index (χ1) is 9.72. The summed E-state index contributed by atoms with van der Waals surface area (Å²) in [7, 11) is 0. The van der Waals surface area contributed by atoms with Gasteiger partial charge in [-0.2, -0.15) is 4.98 Å². The monoisotopic (exact) mass is 290 g/mol. The number of aromatic amines is 1. The number of nitrogens with zero attached hydrogens (tertiary/aromatic N) is 2. The Morgan fingerprint density at radius 1 is 1.30 bits per heavy atom. The van der Waals surface area contributed by atoms with E-state index in [0.29, 0.717) is 11.8 Å². The average molecular weight is 290 g/mol. The van der Waals surface area contributed by atoms with Gasteiger partial charge in [0.2, 0.25) is 5.95 Å². The Morgan fingerprint density at radius 3 is 2.85 bits per heavy atom. The molecular weight excluding hydrogens is 272 g/mol.